The minimum atomic E-state index is -0.320. The molecule has 0 aliphatic heterocycles. The lowest BCUT2D eigenvalue weighted by atomic mass is 10.1. The summed E-state index contributed by atoms with van der Waals surface area (Å²) in [5, 5.41) is 2.12. The minimum absolute atomic E-state index is 0.304. The average Bonchev–Trinajstić information content (AvgIpc) is 2.42. The van der Waals surface area contributed by atoms with Crippen LogP contribution in [0.25, 0.3) is 10.9 Å². The fourth-order valence-electron chi connectivity index (χ4n) is 1.72. The Bertz CT molecular complexity index is 616. The number of ether oxygens (including phenoxy) is 1. The molecule has 3 nitrogen and oxygen atoms in total. The average molecular weight is 343 g/mol. The minimum Gasteiger partial charge on any atom is -0.423 e. The van der Waals surface area contributed by atoms with Gasteiger partial charge in [-0.3, -0.25) is 9.78 Å². The predicted octanol–water partition coefficient (Wildman–Crippen LogP) is 4.14. The molecule has 100 valence electrons. The van der Waals surface area contributed by atoms with Crippen molar-refractivity contribution < 1.29 is 9.53 Å². The lowest BCUT2D eigenvalue weighted by Crippen LogP contribution is -2.06. The number of carbonyl (C=O) groups excluding carboxylic acids is 1. The van der Waals surface area contributed by atoms with Gasteiger partial charge in [0.15, 0.2) is 5.75 Å². The Kier molecular flexibility index (Phi) is 4.77. The summed E-state index contributed by atoms with van der Waals surface area (Å²) in [7, 11) is 0. The summed E-state index contributed by atoms with van der Waals surface area (Å²) in [4.78, 5) is 15.6. The molecule has 0 saturated heterocycles. The molecule has 1 aromatic heterocycles. The largest absolute Gasteiger partial charge is 0.423 e. The van der Waals surface area contributed by atoms with Gasteiger partial charge in [-0.25, -0.2) is 0 Å². The number of halogens is 2. The van der Waals surface area contributed by atoms with E-state index >= 15 is 0 Å². The van der Waals surface area contributed by atoms with Crippen molar-refractivity contribution in [2.45, 2.75) is 19.8 Å². The van der Waals surface area contributed by atoms with Crippen LogP contribution in [-0.4, -0.2) is 16.3 Å². The summed E-state index contributed by atoms with van der Waals surface area (Å²) in [5.74, 6) is -0.00308. The fraction of sp³-hybridized carbons (Fsp3) is 0.286. The molecule has 0 radical (unpaired) electrons. The van der Waals surface area contributed by atoms with Crippen LogP contribution in [-0.2, 0) is 11.2 Å². The number of aromatic nitrogens is 1. The first kappa shape index (κ1) is 14.3. The van der Waals surface area contributed by atoms with Gasteiger partial charge in [-0.15, -0.1) is 0 Å². The second kappa shape index (κ2) is 6.35. The normalized spacial score (nSPS) is 10.7. The lowest BCUT2D eigenvalue weighted by Gasteiger charge is -2.08. The zero-order valence-electron chi connectivity index (χ0n) is 10.5. The standard InChI is InChI=1S/C14H13BrClNO2/c1-2-13(18)19-12-8-17-11-4-3-9(5-6-15)7-10(11)14(12)16/h3-4,7-8H,2,5-6H2,1H3. The number of carbonyl (C=O) groups is 1. The molecule has 0 unspecified atom stereocenters. The number of esters is 1. The first-order valence-electron chi connectivity index (χ1n) is 5.99. The molecule has 0 atom stereocenters. The molecule has 2 rings (SSSR count). The number of aryl methyl sites for hydroxylation is 1. The van der Waals surface area contributed by atoms with Crippen molar-refractivity contribution in [3.63, 3.8) is 0 Å². The molecule has 19 heavy (non-hydrogen) atoms. The zero-order valence-corrected chi connectivity index (χ0v) is 12.8. The van der Waals surface area contributed by atoms with Gasteiger partial charge in [0.1, 0.15) is 0 Å². The van der Waals surface area contributed by atoms with E-state index in [-0.39, 0.29) is 5.97 Å². The Morgan fingerprint density at radius 3 is 2.95 bits per heavy atom. The van der Waals surface area contributed by atoms with Gasteiger partial charge in [-0.05, 0) is 24.1 Å². The zero-order chi connectivity index (χ0) is 13.8. The van der Waals surface area contributed by atoms with Crippen LogP contribution >= 0.6 is 27.5 Å². The number of alkyl halides is 1. The first-order valence-corrected chi connectivity index (χ1v) is 7.49. The molecule has 0 aliphatic rings. The SMILES string of the molecule is CCC(=O)Oc1cnc2ccc(CCBr)cc2c1Cl. The van der Waals surface area contributed by atoms with E-state index < -0.39 is 0 Å². The Balaban J connectivity index is 2.46. The Hall–Kier alpha value is -1.13. The lowest BCUT2D eigenvalue weighted by molar-refractivity contribution is -0.134. The second-order valence-electron chi connectivity index (χ2n) is 4.05. The van der Waals surface area contributed by atoms with Crippen molar-refractivity contribution in [3.8, 4) is 5.75 Å². The van der Waals surface area contributed by atoms with Gasteiger partial charge in [-0.2, -0.15) is 0 Å². The molecule has 2 aromatic rings. The summed E-state index contributed by atoms with van der Waals surface area (Å²) in [6, 6.07) is 5.92. The van der Waals surface area contributed by atoms with Gasteiger partial charge >= 0.3 is 5.97 Å². The van der Waals surface area contributed by atoms with Crippen LogP contribution in [0.1, 0.15) is 18.9 Å². The van der Waals surface area contributed by atoms with Crippen LogP contribution in [0.4, 0.5) is 0 Å². The number of hydrogen-bond acceptors (Lipinski definition) is 3. The van der Waals surface area contributed by atoms with E-state index in [9.17, 15) is 4.79 Å². The van der Waals surface area contributed by atoms with Gasteiger partial charge in [0.2, 0.25) is 0 Å². The topological polar surface area (TPSA) is 39.2 Å². The van der Waals surface area contributed by atoms with Gasteiger partial charge in [-0.1, -0.05) is 40.5 Å². The molecule has 0 spiro atoms. The number of rotatable bonds is 4. The monoisotopic (exact) mass is 341 g/mol. The molecule has 0 N–H and O–H groups in total. The third-order valence-electron chi connectivity index (χ3n) is 2.73. The van der Waals surface area contributed by atoms with E-state index in [4.69, 9.17) is 16.3 Å². The van der Waals surface area contributed by atoms with E-state index in [1.165, 1.54) is 6.20 Å². The first-order chi connectivity index (χ1) is 9.15. The third-order valence-corrected chi connectivity index (χ3v) is 3.52. The van der Waals surface area contributed by atoms with Crippen molar-refractivity contribution in [2.24, 2.45) is 0 Å². The quantitative estimate of drug-likeness (QED) is 0.619. The van der Waals surface area contributed by atoms with Gasteiger partial charge in [0.25, 0.3) is 0 Å². The molecule has 1 aromatic carbocycles. The van der Waals surface area contributed by atoms with E-state index in [1.54, 1.807) is 6.92 Å². The molecular weight excluding hydrogens is 330 g/mol. The molecule has 0 saturated carbocycles. The molecule has 1 heterocycles. The number of pyridine rings is 1. The maximum Gasteiger partial charge on any atom is 0.311 e. The van der Waals surface area contributed by atoms with Crippen molar-refractivity contribution in [3.05, 3.63) is 35.0 Å². The van der Waals surface area contributed by atoms with E-state index in [1.807, 2.05) is 18.2 Å². The molecule has 0 amide bonds. The number of nitrogens with zero attached hydrogens (tertiary/aromatic N) is 1. The molecule has 0 fully saturated rings. The summed E-state index contributed by atoms with van der Waals surface area (Å²) < 4.78 is 5.16. The van der Waals surface area contributed by atoms with Crippen molar-refractivity contribution in [1.29, 1.82) is 0 Å². The summed E-state index contributed by atoms with van der Waals surface area (Å²) >= 11 is 9.69. The fourth-order valence-corrected chi connectivity index (χ4v) is 2.42. The maximum atomic E-state index is 11.3. The van der Waals surface area contributed by atoms with Crippen LogP contribution in [0, 0.1) is 0 Å². The second-order valence-corrected chi connectivity index (χ2v) is 5.23. The molecular formula is C14H13BrClNO2. The highest BCUT2D eigenvalue weighted by molar-refractivity contribution is 9.09. The molecule has 5 heteroatoms. The highest BCUT2D eigenvalue weighted by Gasteiger charge is 2.11. The number of fused-ring (bicyclic) bond motifs is 1. The predicted molar refractivity (Wildman–Crippen MR) is 80.2 cm³/mol. The van der Waals surface area contributed by atoms with Crippen LogP contribution in [0.2, 0.25) is 5.02 Å². The van der Waals surface area contributed by atoms with Crippen LogP contribution in [0.5, 0.6) is 5.75 Å². The molecule has 0 aliphatic carbocycles. The van der Waals surface area contributed by atoms with Crippen LogP contribution < -0.4 is 4.74 Å². The Labute approximate surface area is 125 Å². The Morgan fingerprint density at radius 1 is 1.47 bits per heavy atom. The highest BCUT2D eigenvalue weighted by atomic mass is 79.9. The summed E-state index contributed by atoms with van der Waals surface area (Å²) in [6.07, 6.45) is 2.70. The van der Waals surface area contributed by atoms with Crippen LogP contribution in [0.3, 0.4) is 0 Å². The van der Waals surface area contributed by atoms with E-state index in [2.05, 4.69) is 20.9 Å². The van der Waals surface area contributed by atoms with Gasteiger partial charge in [0, 0.05) is 17.1 Å². The van der Waals surface area contributed by atoms with Crippen molar-refractivity contribution in [2.75, 3.05) is 5.33 Å². The van der Waals surface area contributed by atoms with Gasteiger partial charge < -0.3 is 4.74 Å². The number of benzene rings is 1. The van der Waals surface area contributed by atoms with Crippen molar-refractivity contribution in [1.82, 2.24) is 4.98 Å². The van der Waals surface area contributed by atoms with E-state index in [0.717, 1.165) is 28.2 Å². The maximum absolute atomic E-state index is 11.3. The smallest absolute Gasteiger partial charge is 0.311 e. The molecule has 0 bridgehead atoms. The number of hydrogen-bond donors (Lipinski definition) is 0. The third kappa shape index (κ3) is 3.25. The highest BCUT2D eigenvalue weighted by Crippen LogP contribution is 2.32. The summed E-state index contributed by atoms with van der Waals surface area (Å²) in [6.45, 7) is 1.73. The summed E-state index contributed by atoms with van der Waals surface area (Å²) in [5.41, 5.74) is 1.95. The van der Waals surface area contributed by atoms with Gasteiger partial charge in [0.05, 0.1) is 16.7 Å². The van der Waals surface area contributed by atoms with Crippen LogP contribution in [0.15, 0.2) is 24.4 Å². The van der Waals surface area contributed by atoms with Crippen molar-refractivity contribution >= 4 is 44.4 Å². The Morgan fingerprint density at radius 2 is 2.26 bits per heavy atom. The van der Waals surface area contributed by atoms with E-state index in [0.29, 0.717) is 17.2 Å².